The van der Waals surface area contributed by atoms with Crippen LogP contribution < -0.4 is 4.74 Å². The fraction of sp³-hybridized carbons (Fsp3) is 0.500. The number of methoxy groups -OCH3 is 1. The molecule has 1 aromatic carbocycles. The quantitative estimate of drug-likeness (QED) is 0.857. The molecule has 6 heteroatoms. The number of hydrogen-bond acceptors (Lipinski definition) is 3. The van der Waals surface area contributed by atoms with Gasteiger partial charge in [0.15, 0.2) is 0 Å². The molecule has 0 bridgehead atoms. The second kappa shape index (κ2) is 6.66. The zero-order chi connectivity index (χ0) is 14.7. The van der Waals surface area contributed by atoms with Crippen LogP contribution >= 0.6 is 23.2 Å². The number of amides is 1. The zero-order valence-electron chi connectivity index (χ0n) is 11.4. The Balaban J connectivity index is 1.93. The van der Waals surface area contributed by atoms with E-state index in [0.717, 1.165) is 6.42 Å². The molecule has 2 rings (SSSR count). The van der Waals surface area contributed by atoms with Gasteiger partial charge in [-0.15, -0.1) is 0 Å². The van der Waals surface area contributed by atoms with Crippen LogP contribution in [0.25, 0.3) is 0 Å². The Morgan fingerprint density at radius 1 is 1.40 bits per heavy atom. The highest BCUT2D eigenvalue weighted by molar-refractivity contribution is 6.42. The first kappa shape index (κ1) is 15.4. The monoisotopic (exact) mass is 317 g/mol. The molecule has 0 saturated carbocycles. The van der Waals surface area contributed by atoms with E-state index in [9.17, 15) is 4.79 Å². The molecule has 2 unspecified atom stereocenters. The maximum Gasteiger partial charge on any atom is 0.251 e. The number of nitrogens with zero attached hydrogens (tertiary/aromatic N) is 1. The SMILES string of the molecule is COC(C)C(=O)N1CCC(Oc2ccc(Cl)c(Cl)c2)C1. The molecule has 1 fully saturated rings. The van der Waals surface area contributed by atoms with Crippen LogP contribution in [0.2, 0.25) is 10.0 Å². The van der Waals surface area contributed by atoms with Crippen LogP contribution in [0.1, 0.15) is 13.3 Å². The van der Waals surface area contributed by atoms with Crippen LogP contribution in [0.4, 0.5) is 0 Å². The topological polar surface area (TPSA) is 38.8 Å². The predicted molar refractivity (Wildman–Crippen MR) is 78.5 cm³/mol. The minimum absolute atomic E-state index is 0.00672. The molecule has 20 heavy (non-hydrogen) atoms. The van der Waals surface area contributed by atoms with Crippen LogP contribution in [-0.2, 0) is 9.53 Å². The molecule has 1 aromatic rings. The lowest BCUT2D eigenvalue weighted by Gasteiger charge is -2.20. The van der Waals surface area contributed by atoms with E-state index in [-0.39, 0.29) is 12.0 Å². The highest BCUT2D eigenvalue weighted by atomic mass is 35.5. The Kier molecular flexibility index (Phi) is 5.13. The maximum absolute atomic E-state index is 12.0. The van der Waals surface area contributed by atoms with Gasteiger partial charge in [-0.25, -0.2) is 0 Å². The molecule has 0 radical (unpaired) electrons. The van der Waals surface area contributed by atoms with Gasteiger partial charge >= 0.3 is 0 Å². The number of hydrogen-bond donors (Lipinski definition) is 0. The highest BCUT2D eigenvalue weighted by Gasteiger charge is 2.30. The van der Waals surface area contributed by atoms with E-state index in [1.807, 2.05) is 0 Å². The van der Waals surface area contributed by atoms with Crippen molar-refractivity contribution in [1.29, 1.82) is 0 Å². The third kappa shape index (κ3) is 3.57. The molecule has 1 saturated heterocycles. The van der Waals surface area contributed by atoms with Crippen molar-refractivity contribution in [3.05, 3.63) is 28.2 Å². The molecular formula is C14H17Cl2NO3. The molecule has 1 heterocycles. The first-order valence-corrected chi connectivity index (χ1v) is 7.20. The van der Waals surface area contributed by atoms with Crippen molar-refractivity contribution in [3.8, 4) is 5.75 Å². The summed E-state index contributed by atoms with van der Waals surface area (Å²) in [7, 11) is 1.53. The van der Waals surface area contributed by atoms with Gasteiger partial charge in [-0.1, -0.05) is 23.2 Å². The summed E-state index contributed by atoms with van der Waals surface area (Å²) in [5.41, 5.74) is 0. The van der Waals surface area contributed by atoms with Crippen molar-refractivity contribution in [2.45, 2.75) is 25.6 Å². The average Bonchev–Trinajstić information content (AvgIpc) is 2.89. The summed E-state index contributed by atoms with van der Waals surface area (Å²) in [4.78, 5) is 13.7. The van der Waals surface area contributed by atoms with Crippen LogP contribution in [0.3, 0.4) is 0 Å². The first-order chi connectivity index (χ1) is 9.51. The number of ether oxygens (including phenoxy) is 2. The number of likely N-dealkylation sites (tertiary alicyclic amines) is 1. The number of carbonyl (C=O) groups is 1. The standard InChI is InChI=1S/C14H17Cl2NO3/c1-9(19-2)14(18)17-6-5-11(8-17)20-10-3-4-12(15)13(16)7-10/h3-4,7,9,11H,5-6,8H2,1-2H3. The average molecular weight is 318 g/mol. The summed E-state index contributed by atoms with van der Waals surface area (Å²) in [6.07, 6.45) is 0.349. The van der Waals surface area contributed by atoms with E-state index < -0.39 is 6.10 Å². The molecule has 1 aliphatic rings. The molecule has 0 aliphatic carbocycles. The third-order valence-electron chi connectivity index (χ3n) is 3.35. The Labute approximate surface area is 128 Å². The van der Waals surface area contributed by atoms with Crippen molar-refractivity contribution in [2.24, 2.45) is 0 Å². The van der Waals surface area contributed by atoms with Crippen LogP contribution in [0, 0.1) is 0 Å². The minimum atomic E-state index is -0.418. The van der Waals surface area contributed by atoms with Gasteiger partial charge in [-0.05, 0) is 19.1 Å². The summed E-state index contributed by atoms with van der Waals surface area (Å²) in [5.74, 6) is 0.659. The second-order valence-corrected chi connectivity index (χ2v) is 5.58. The molecule has 0 N–H and O–H groups in total. The predicted octanol–water partition coefficient (Wildman–Crippen LogP) is 3.01. The summed E-state index contributed by atoms with van der Waals surface area (Å²) in [5, 5.41) is 0.958. The van der Waals surface area contributed by atoms with E-state index in [0.29, 0.717) is 28.9 Å². The normalized spacial score (nSPS) is 20.0. The minimum Gasteiger partial charge on any atom is -0.488 e. The molecule has 0 aromatic heterocycles. The molecule has 1 amide bonds. The molecule has 110 valence electrons. The smallest absolute Gasteiger partial charge is 0.251 e. The lowest BCUT2D eigenvalue weighted by molar-refractivity contribution is -0.140. The number of halogens is 2. The van der Waals surface area contributed by atoms with Crippen molar-refractivity contribution in [1.82, 2.24) is 4.90 Å². The Morgan fingerprint density at radius 2 is 2.15 bits per heavy atom. The van der Waals surface area contributed by atoms with Gasteiger partial charge in [-0.2, -0.15) is 0 Å². The van der Waals surface area contributed by atoms with Crippen molar-refractivity contribution >= 4 is 29.1 Å². The van der Waals surface area contributed by atoms with Gasteiger partial charge < -0.3 is 14.4 Å². The number of benzene rings is 1. The number of carbonyl (C=O) groups excluding carboxylic acids is 1. The van der Waals surface area contributed by atoms with E-state index in [1.54, 1.807) is 30.0 Å². The lowest BCUT2D eigenvalue weighted by atomic mass is 10.3. The first-order valence-electron chi connectivity index (χ1n) is 6.44. The summed E-state index contributed by atoms with van der Waals surface area (Å²) < 4.78 is 10.9. The van der Waals surface area contributed by atoms with Gasteiger partial charge in [0, 0.05) is 26.1 Å². The van der Waals surface area contributed by atoms with E-state index in [4.69, 9.17) is 32.7 Å². The third-order valence-corrected chi connectivity index (χ3v) is 4.09. The van der Waals surface area contributed by atoms with E-state index >= 15 is 0 Å². The Bertz CT molecular complexity index is 495. The molecule has 0 spiro atoms. The fourth-order valence-electron chi connectivity index (χ4n) is 2.13. The largest absolute Gasteiger partial charge is 0.488 e. The number of rotatable bonds is 4. The summed E-state index contributed by atoms with van der Waals surface area (Å²) in [6.45, 7) is 2.99. The van der Waals surface area contributed by atoms with Crippen LogP contribution in [-0.4, -0.2) is 43.2 Å². The van der Waals surface area contributed by atoms with Crippen molar-refractivity contribution in [2.75, 3.05) is 20.2 Å². The molecule has 2 atom stereocenters. The van der Waals surface area contributed by atoms with E-state index in [1.165, 1.54) is 7.11 Å². The van der Waals surface area contributed by atoms with Crippen LogP contribution in [0.15, 0.2) is 18.2 Å². The Hall–Kier alpha value is -0.970. The molecule has 1 aliphatic heterocycles. The maximum atomic E-state index is 12.0. The second-order valence-electron chi connectivity index (χ2n) is 4.77. The lowest BCUT2D eigenvalue weighted by Crippen LogP contribution is -2.38. The van der Waals surface area contributed by atoms with Gasteiger partial charge in [0.2, 0.25) is 0 Å². The summed E-state index contributed by atoms with van der Waals surface area (Å²) >= 11 is 11.8. The van der Waals surface area contributed by atoms with E-state index in [2.05, 4.69) is 0 Å². The van der Waals surface area contributed by atoms with Crippen LogP contribution in [0.5, 0.6) is 5.75 Å². The van der Waals surface area contributed by atoms with Gasteiger partial charge in [0.25, 0.3) is 5.91 Å². The Morgan fingerprint density at radius 3 is 2.80 bits per heavy atom. The van der Waals surface area contributed by atoms with Crippen molar-refractivity contribution in [3.63, 3.8) is 0 Å². The van der Waals surface area contributed by atoms with Gasteiger partial charge in [0.1, 0.15) is 18.0 Å². The summed E-state index contributed by atoms with van der Waals surface area (Å²) in [6, 6.07) is 5.16. The van der Waals surface area contributed by atoms with Gasteiger partial charge in [0.05, 0.1) is 16.6 Å². The molecule has 4 nitrogen and oxygen atoms in total. The fourth-order valence-corrected chi connectivity index (χ4v) is 2.41. The van der Waals surface area contributed by atoms with Crippen molar-refractivity contribution < 1.29 is 14.3 Å². The molecular weight excluding hydrogens is 301 g/mol. The van der Waals surface area contributed by atoms with Gasteiger partial charge in [-0.3, -0.25) is 4.79 Å². The highest BCUT2D eigenvalue weighted by Crippen LogP contribution is 2.28. The zero-order valence-corrected chi connectivity index (χ0v) is 12.9.